The second-order valence-corrected chi connectivity index (χ2v) is 2.18. The molecule has 0 aromatic heterocycles. The van der Waals surface area contributed by atoms with Gasteiger partial charge in [0.25, 0.3) is 0 Å². The summed E-state index contributed by atoms with van der Waals surface area (Å²) in [6.07, 6.45) is -3.68. The molecule has 0 aromatic carbocycles. The lowest BCUT2D eigenvalue weighted by atomic mass is 10.4. The lowest BCUT2D eigenvalue weighted by molar-refractivity contribution is -0.164. The Kier molecular flexibility index (Phi) is 4.76. The molecule has 1 nitrogen and oxygen atoms in total. The van der Waals surface area contributed by atoms with Crippen molar-refractivity contribution in [1.82, 2.24) is 0 Å². The quantitative estimate of drug-likeness (QED) is 0.370. The first-order chi connectivity index (χ1) is 5.00. The third-order valence-electron chi connectivity index (χ3n) is 0.835. The molecule has 0 atom stereocenters. The van der Waals surface area contributed by atoms with Gasteiger partial charge in [-0.25, -0.2) is 8.78 Å². The lowest BCUT2D eigenvalue weighted by Gasteiger charge is -2.14. The molecule has 0 heterocycles. The van der Waals surface area contributed by atoms with Crippen LogP contribution >= 0.6 is 11.6 Å². The van der Waals surface area contributed by atoms with E-state index < -0.39 is 19.0 Å². The first kappa shape index (κ1) is 11.0. The smallest absolute Gasteiger partial charge is 0.330 e. The molecule has 0 saturated heterocycles. The molecule has 0 fully saturated rings. The fourth-order valence-electron chi connectivity index (χ4n) is 0.326. The van der Waals surface area contributed by atoms with Crippen LogP contribution in [0.15, 0.2) is 0 Å². The van der Waals surface area contributed by atoms with Gasteiger partial charge < -0.3 is 4.74 Å². The third kappa shape index (κ3) is 4.42. The van der Waals surface area contributed by atoms with Crippen molar-refractivity contribution < 1.29 is 22.3 Å². The summed E-state index contributed by atoms with van der Waals surface area (Å²) in [5.41, 5.74) is 0. The number of hydrogen-bond acceptors (Lipinski definition) is 1. The molecule has 0 rings (SSSR count). The average molecular weight is 195 g/mol. The van der Waals surface area contributed by atoms with Gasteiger partial charge >= 0.3 is 12.3 Å². The van der Waals surface area contributed by atoms with Crippen molar-refractivity contribution in [1.29, 1.82) is 0 Å². The van der Waals surface area contributed by atoms with E-state index in [1.54, 1.807) is 0 Å². The second kappa shape index (κ2) is 4.77. The highest BCUT2D eigenvalue weighted by Gasteiger charge is 2.40. The van der Waals surface area contributed by atoms with Gasteiger partial charge in [0.15, 0.2) is 0 Å². The van der Waals surface area contributed by atoms with Crippen LogP contribution in [0.2, 0.25) is 0 Å². The van der Waals surface area contributed by atoms with E-state index in [9.17, 15) is 17.6 Å². The van der Waals surface area contributed by atoms with Gasteiger partial charge in [-0.15, -0.1) is 11.6 Å². The summed E-state index contributed by atoms with van der Waals surface area (Å²) < 4.78 is 50.8. The molecule has 0 N–H and O–H groups in total. The molecular weight excluding hydrogens is 187 g/mol. The summed E-state index contributed by atoms with van der Waals surface area (Å²) >= 11 is 5.05. The third-order valence-corrected chi connectivity index (χ3v) is 0.990. The van der Waals surface area contributed by atoms with Crippen LogP contribution in [0.4, 0.5) is 17.6 Å². The molecule has 11 heavy (non-hydrogen) atoms. The minimum absolute atomic E-state index is 0.0132. The van der Waals surface area contributed by atoms with Crippen molar-refractivity contribution in [2.75, 3.05) is 19.1 Å². The van der Waals surface area contributed by atoms with Gasteiger partial charge in [-0.1, -0.05) is 0 Å². The van der Waals surface area contributed by atoms with Crippen LogP contribution in [0.25, 0.3) is 0 Å². The zero-order chi connectivity index (χ0) is 8.91. The Hall–Kier alpha value is -0.0300. The van der Waals surface area contributed by atoms with Crippen molar-refractivity contribution in [3.05, 3.63) is 0 Å². The zero-order valence-corrected chi connectivity index (χ0v) is 6.25. The van der Waals surface area contributed by atoms with Crippen molar-refractivity contribution >= 4 is 11.6 Å². The van der Waals surface area contributed by atoms with E-state index in [4.69, 9.17) is 11.6 Å². The molecule has 6 heteroatoms. The Morgan fingerprint density at radius 3 is 2.27 bits per heavy atom. The number of ether oxygens (including phenoxy) is 1. The van der Waals surface area contributed by atoms with Gasteiger partial charge in [0.1, 0.15) is 6.61 Å². The number of hydrogen-bond donors (Lipinski definition) is 0. The van der Waals surface area contributed by atoms with Gasteiger partial charge in [-0.2, -0.15) is 8.78 Å². The highest BCUT2D eigenvalue weighted by molar-refractivity contribution is 6.17. The van der Waals surface area contributed by atoms with E-state index >= 15 is 0 Å². The summed E-state index contributed by atoms with van der Waals surface area (Å²) in [4.78, 5) is 0. The van der Waals surface area contributed by atoms with Gasteiger partial charge in [-0.05, 0) is 0 Å². The molecular formula is C5H7ClF4O. The molecule has 68 valence electrons. The molecule has 0 amide bonds. The Balaban J connectivity index is 3.55. The maximum Gasteiger partial charge on any atom is 0.330 e. The van der Waals surface area contributed by atoms with E-state index in [1.165, 1.54) is 0 Å². The Bertz CT molecular complexity index is 109. The van der Waals surface area contributed by atoms with Gasteiger partial charge in [-0.3, -0.25) is 0 Å². The van der Waals surface area contributed by atoms with E-state index in [2.05, 4.69) is 4.74 Å². The lowest BCUT2D eigenvalue weighted by Crippen LogP contribution is -2.32. The van der Waals surface area contributed by atoms with Gasteiger partial charge in [0.2, 0.25) is 0 Å². The number of halogens is 5. The highest BCUT2D eigenvalue weighted by Crippen LogP contribution is 2.22. The summed E-state index contributed by atoms with van der Waals surface area (Å²) in [6.45, 7) is -1.43. The van der Waals surface area contributed by atoms with Crippen LogP contribution < -0.4 is 0 Å². The molecule has 0 aromatic rings. The molecule has 0 unspecified atom stereocenters. The summed E-state index contributed by atoms with van der Waals surface area (Å²) in [6, 6.07) is 0. The highest BCUT2D eigenvalue weighted by atomic mass is 35.5. The Labute approximate surface area is 66.3 Å². The minimum atomic E-state index is -4.06. The SMILES string of the molecule is FC(F)C(F)(F)COCCCl. The maximum absolute atomic E-state index is 12.0. The second-order valence-electron chi connectivity index (χ2n) is 1.80. The van der Waals surface area contributed by atoms with Crippen molar-refractivity contribution in [3.8, 4) is 0 Å². The number of alkyl halides is 5. The largest absolute Gasteiger partial charge is 0.374 e. The molecule has 0 radical (unpaired) electrons. The first-order valence-electron chi connectivity index (χ1n) is 2.80. The van der Waals surface area contributed by atoms with E-state index in [1.807, 2.05) is 0 Å². The fraction of sp³-hybridized carbons (Fsp3) is 1.00. The summed E-state index contributed by atoms with van der Waals surface area (Å²) in [5, 5.41) is 0. The van der Waals surface area contributed by atoms with Gasteiger partial charge in [0, 0.05) is 5.88 Å². The monoisotopic (exact) mass is 194 g/mol. The van der Waals surface area contributed by atoms with E-state index in [-0.39, 0.29) is 12.5 Å². The van der Waals surface area contributed by atoms with Crippen LogP contribution in [0.5, 0.6) is 0 Å². The Morgan fingerprint density at radius 1 is 1.36 bits per heavy atom. The van der Waals surface area contributed by atoms with Crippen LogP contribution in [0.1, 0.15) is 0 Å². The maximum atomic E-state index is 12.0. The first-order valence-corrected chi connectivity index (χ1v) is 3.34. The topological polar surface area (TPSA) is 9.23 Å². The standard InChI is InChI=1S/C5H7ClF4O/c6-1-2-11-3-5(9,10)4(7)8/h4H,1-3H2. The summed E-state index contributed by atoms with van der Waals surface area (Å²) in [5.74, 6) is -4.05. The van der Waals surface area contributed by atoms with Crippen molar-refractivity contribution in [2.24, 2.45) is 0 Å². The van der Waals surface area contributed by atoms with Crippen LogP contribution in [0.3, 0.4) is 0 Å². The Morgan fingerprint density at radius 2 is 1.91 bits per heavy atom. The van der Waals surface area contributed by atoms with Crippen LogP contribution in [0, 0.1) is 0 Å². The van der Waals surface area contributed by atoms with E-state index in [0.29, 0.717) is 0 Å². The average Bonchev–Trinajstić information content (AvgIpc) is 1.88. The van der Waals surface area contributed by atoms with Gasteiger partial charge in [0.05, 0.1) is 6.61 Å². The van der Waals surface area contributed by atoms with E-state index in [0.717, 1.165) is 0 Å². The summed E-state index contributed by atoms with van der Waals surface area (Å²) in [7, 11) is 0. The predicted molar refractivity (Wildman–Crippen MR) is 32.5 cm³/mol. The molecule has 0 aliphatic heterocycles. The molecule has 0 bridgehead atoms. The molecule has 0 aliphatic carbocycles. The van der Waals surface area contributed by atoms with Crippen molar-refractivity contribution in [2.45, 2.75) is 12.3 Å². The predicted octanol–water partition coefficient (Wildman–Crippen LogP) is 2.14. The minimum Gasteiger partial charge on any atom is -0.374 e. The zero-order valence-electron chi connectivity index (χ0n) is 5.50. The number of rotatable bonds is 5. The van der Waals surface area contributed by atoms with Crippen LogP contribution in [-0.4, -0.2) is 31.4 Å². The fourth-order valence-corrected chi connectivity index (χ4v) is 0.435. The normalized spacial score (nSPS) is 12.5. The molecule has 0 aliphatic rings. The molecule has 0 spiro atoms. The molecule has 0 saturated carbocycles. The van der Waals surface area contributed by atoms with Crippen LogP contribution in [-0.2, 0) is 4.74 Å². The van der Waals surface area contributed by atoms with Crippen molar-refractivity contribution in [3.63, 3.8) is 0 Å².